The number of nitrogens with one attached hydrogen (secondary N) is 1. The minimum atomic E-state index is -0.203. The Labute approximate surface area is 160 Å². The first-order chi connectivity index (χ1) is 13.0. The Morgan fingerprint density at radius 1 is 1.26 bits per heavy atom. The SMILES string of the molecule is Cc1nn(C)c2nc(-c3ccco3)cc(C(=O)NCc3cccc(Cl)c3)c12. The molecule has 3 heterocycles. The minimum absolute atomic E-state index is 0.203. The summed E-state index contributed by atoms with van der Waals surface area (Å²) in [6.07, 6.45) is 1.58. The van der Waals surface area contributed by atoms with Crippen molar-refractivity contribution in [2.75, 3.05) is 0 Å². The van der Waals surface area contributed by atoms with E-state index in [1.165, 1.54) is 0 Å². The Kier molecular flexibility index (Phi) is 4.41. The van der Waals surface area contributed by atoms with Gasteiger partial charge >= 0.3 is 0 Å². The van der Waals surface area contributed by atoms with E-state index in [0.717, 1.165) is 16.6 Å². The molecule has 1 amide bonds. The van der Waals surface area contributed by atoms with Crippen LogP contribution < -0.4 is 5.32 Å². The van der Waals surface area contributed by atoms with Crippen LogP contribution in [-0.4, -0.2) is 20.7 Å². The van der Waals surface area contributed by atoms with Crippen molar-refractivity contribution in [1.29, 1.82) is 0 Å². The van der Waals surface area contributed by atoms with Gasteiger partial charge in [0.1, 0.15) is 5.69 Å². The number of fused-ring (bicyclic) bond motifs is 1. The third-order valence-electron chi connectivity index (χ3n) is 4.33. The van der Waals surface area contributed by atoms with Crippen LogP contribution in [0, 0.1) is 6.92 Å². The Morgan fingerprint density at radius 2 is 2.11 bits per heavy atom. The number of nitrogens with zero attached hydrogens (tertiary/aromatic N) is 3. The smallest absolute Gasteiger partial charge is 0.252 e. The van der Waals surface area contributed by atoms with Crippen molar-refractivity contribution in [1.82, 2.24) is 20.1 Å². The molecule has 27 heavy (non-hydrogen) atoms. The molecule has 0 atom stereocenters. The minimum Gasteiger partial charge on any atom is -0.463 e. The first-order valence-corrected chi connectivity index (χ1v) is 8.81. The van der Waals surface area contributed by atoms with Crippen LogP contribution in [0.4, 0.5) is 0 Å². The normalized spacial score (nSPS) is 11.1. The number of rotatable bonds is 4. The van der Waals surface area contributed by atoms with Gasteiger partial charge in [0.05, 0.1) is 22.9 Å². The summed E-state index contributed by atoms with van der Waals surface area (Å²) in [5, 5.41) is 8.73. The van der Waals surface area contributed by atoms with E-state index in [9.17, 15) is 4.79 Å². The monoisotopic (exact) mass is 380 g/mol. The number of hydrogen-bond acceptors (Lipinski definition) is 4. The number of halogens is 1. The van der Waals surface area contributed by atoms with Crippen molar-refractivity contribution in [3.8, 4) is 11.5 Å². The van der Waals surface area contributed by atoms with Crippen LogP contribution in [0.2, 0.25) is 5.02 Å². The Balaban J connectivity index is 1.74. The number of furan rings is 1. The molecule has 6 nitrogen and oxygen atoms in total. The van der Waals surface area contributed by atoms with Crippen molar-refractivity contribution >= 4 is 28.5 Å². The lowest BCUT2D eigenvalue weighted by atomic mass is 10.1. The maximum atomic E-state index is 13.0. The lowest BCUT2D eigenvalue weighted by Crippen LogP contribution is -2.23. The highest BCUT2D eigenvalue weighted by Gasteiger charge is 2.20. The van der Waals surface area contributed by atoms with Gasteiger partial charge in [0.2, 0.25) is 0 Å². The summed E-state index contributed by atoms with van der Waals surface area (Å²) in [6.45, 7) is 2.24. The number of hydrogen-bond donors (Lipinski definition) is 1. The van der Waals surface area contributed by atoms with Crippen molar-refractivity contribution in [3.05, 3.63) is 70.6 Å². The van der Waals surface area contributed by atoms with Crippen molar-refractivity contribution in [3.63, 3.8) is 0 Å². The fraction of sp³-hybridized carbons (Fsp3) is 0.150. The number of aryl methyl sites for hydroxylation is 2. The molecule has 7 heteroatoms. The zero-order chi connectivity index (χ0) is 19.0. The fourth-order valence-corrected chi connectivity index (χ4v) is 3.31. The molecular formula is C20H17ClN4O2. The van der Waals surface area contributed by atoms with Crippen molar-refractivity contribution in [2.24, 2.45) is 7.05 Å². The first kappa shape index (κ1) is 17.3. The number of amides is 1. The molecule has 0 aliphatic carbocycles. The molecule has 1 aromatic carbocycles. The molecule has 0 fully saturated rings. The predicted octanol–water partition coefficient (Wildman–Crippen LogP) is 4.12. The lowest BCUT2D eigenvalue weighted by molar-refractivity contribution is 0.0952. The Bertz CT molecular complexity index is 1130. The molecule has 0 saturated heterocycles. The van der Waals surface area contributed by atoms with Crippen LogP contribution in [0.3, 0.4) is 0 Å². The molecular weight excluding hydrogens is 364 g/mol. The Morgan fingerprint density at radius 3 is 2.85 bits per heavy atom. The van der Waals surface area contributed by atoms with E-state index < -0.39 is 0 Å². The van der Waals surface area contributed by atoms with Crippen molar-refractivity contribution in [2.45, 2.75) is 13.5 Å². The first-order valence-electron chi connectivity index (χ1n) is 8.44. The summed E-state index contributed by atoms with van der Waals surface area (Å²) >= 11 is 6.01. The molecule has 4 aromatic rings. The molecule has 0 aliphatic rings. The van der Waals surface area contributed by atoms with E-state index in [4.69, 9.17) is 16.0 Å². The van der Waals surface area contributed by atoms with Gasteiger partial charge in [0.25, 0.3) is 5.91 Å². The Hall–Kier alpha value is -3.12. The molecule has 1 N–H and O–H groups in total. The van der Waals surface area contributed by atoms with Gasteiger partial charge in [-0.05, 0) is 42.8 Å². The van der Waals surface area contributed by atoms with E-state index in [1.54, 1.807) is 29.1 Å². The summed E-state index contributed by atoms with van der Waals surface area (Å²) in [5.74, 6) is 0.394. The quantitative estimate of drug-likeness (QED) is 0.578. The van der Waals surface area contributed by atoms with E-state index >= 15 is 0 Å². The standard InChI is InChI=1S/C20H17ClN4O2/c1-12-18-15(20(26)22-11-13-5-3-6-14(21)9-13)10-16(17-7-4-8-27-17)23-19(18)25(2)24-12/h3-10H,11H2,1-2H3,(H,22,26). The molecule has 0 aliphatic heterocycles. The highest BCUT2D eigenvalue weighted by atomic mass is 35.5. The summed E-state index contributed by atoms with van der Waals surface area (Å²) in [4.78, 5) is 17.6. The predicted molar refractivity (Wildman–Crippen MR) is 104 cm³/mol. The van der Waals surface area contributed by atoms with Gasteiger partial charge in [-0.15, -0.1) is 0 Å². The van der Waals surface area contributed by atoms with E-state index in [0.29, 0.717) is 34.2 Å². The molecule has 0 spiro atoms. The van der Waals surface area contributed by atoms with E-state index in [1.807, 2.05) is 38.2 Å². The number of aromatic nitrogens is 3. The van der Waals surface area contributed by atoms with Gasteiger partial charge in [-0.3, -0.25) is 9.48 Å². The molecule has 0 unspecified atom stereocenters. The van der Waals surface area contributed by atoms with Crippen LogP contribution in [-0.2, 0) is 13.6 Å². The van der Waals surface area contributed by atoms with Gasteiger partial charge in [0, 0.05) is 18.6 Å². The topological polar surface area (TPSA) is 73.0 Å². The highest BCUT2D eigenvalue weighted by molar-refractivity contribution is 6.30. The average Bonchev–Trinajstić information content (AvgIpc) is 3.28. The third kappa shape index (κ3) is 3.31. The molecule has 4 rings (SSSR count). The van der Waals surface area contributed by atoms with Crippen molar-refractivity contribution < 1.29 is 9.21 Å². The number of pyridine rings is 1. The second-order valence-electron chi connectivity index (χ2n) is 6.25. The summed E-state index contributed by atoms with van der Waals surface area (Å²) in [6, 6.07) is 12.7. The molecule has 0 bridgehead atoms. The number of carbonyl (C=O) groups excluding carboxylic acids is 1. The van der Waals surface area contributed by atoms with Crippen LogP contribution in [0.5, 0.6) is 0 Å². The zero-order valence-corrected chi connectivity index (χ0v) is 15.6. The molecule has 0 radical (unpaired) electrons. The van der Waals surface area contributed by atoms with Gasteiger partial charge in [0.15, 0.2) is 11.4 Å². The van der Waals surface area contributed by atoms with Gasteiger partial charge in [-0.2, -0.15) is 5.10 Å². The van der Waals surface area contributed by atoms with Gasteiger partial charge in [-0.1, -0.05) is 23.7 Å². The zero-order valence-electron chi connectivity index (χ0n) is 14.9. The molecule has 136 valence electrons. The fourth-order valence-electron chi connectivity index (χ4n) is 3.10. The van der Waals surface area contributed by atoms with Gasteiger partial charge < -0.3 is 9.73 Å². The van der Waals surface area contributed by atoms with Crippen LogP contribution in [0.15, 0.2) is 53.1 Å². The number of carbonyl (C=O) groups is 1. The average molecular weight is 381 g/mol. The second-order valence-corrected chi connectivity index (χ2v) is 6.69. The maximum Gasteiger partial charge on any atom is 0.252 e. The maximum absolute atomic E-state index is 13.0. The summed E-state index contributed by atoms with van der Waals surface area (Å²) < 4.78 is 7.13. The second kappa shape index (κ2) is 6.89. The summed E-state index contributed by atoms with van der Waals surface area (Å²) in [7, 11) is 1.81. The van der Waals surface area contributed by atoms with Crippen LogP contribution >= 0.6 is 11.6 Å². The molecule has 3 aromatic heterocycles. The molecule has 0 saturated carbocycles. The lowest BCUT2D eigenvalue weighted by Gasteiger charge is -2.09. The van der Waals surface area contributed by atoms with Crippen LogP contribution in [0.1, 0.15) is 21.6 Å². The highest BCUT2D eigenvalue weighted by Crippen LogP contribution is 2.27. The van der Waals surface area contributed by atoms with Gasteiger partial charge in [-0.25, -0.2) is 4.98 Å². The van der Waals surface area contributed by atoms with E-state index in [-0.39, 0.29) is 5.91 Å². The van der Waals surface area contributed by atoms with E-state index in [2.05, 4.69) is 15.4 Å². The van der Waals surface area contributed by atoms with Crippen LogP contribution in [0.25, 0.3) is 22.5 Å². The number of benzene rings is 1. The largest absolute Gasteiger partial charge is 0.463 e. The third-order valence-corrected chi connectivity index (χ3v) is 4.56. The summed E-state index contributed by atoms with van der Waals surface area (Å²) in [5.41, 5.74) is 3.41.